The lowest BCUT2D eigenvalue weighted by Gasteiger charge is -2.58. The molecule has 1 N–H and O–H groups in total. The first-order chi connectivity index (χ1) is 10.8. The normalized spacial score (nSPS) is 55.5. The molecule has 0 aromatic rings. The zero-order chi connectivity index (χ0) is 16.5. The van der Waals surface area contributed by atoms with Crippen molar-refractivity contribution in [2.24, 2.45) is 29.1 Å². The van der Waals surface area contributed by atoms with Crippen molar-refractivity contribution in [3.05, 3.63) is 0 Å². The van der Waals surface area contributed by atoms with Crippen LogP contribution in [0.4, 0.5) is 0 Å². The Morgan fingerprint density at radius 1 is 1.13 bits per heavy atom. The summed E-state index contributed by atoms with van der Waals surface area (Å²) in [6, 6.07) is 0. The van der Waals surface area contributed by atoms with E-state index < -0.39 is 5.60 Å². The monoisotopic (exact) mass is 334 g/mol. The van der Waals surface area contributed by atoms with Gasteiger partial charge in [0.2, 0.25) is 0 Å². The van der Waals surface area contributed by atoms with Crippen LogP contribution in [0.1, 0.15) is 64.7 Å². The van der Waals surface area contributed by atoms with Gasteiger partial charge in [-0.3, -0.25) is 4.79 Å². The fraction of sp³-hybridized carbons (Fsp3) is 0.850. The molecule has 4 saturated carbocycles. The SMILES string of the molecule is C#C[C@]1(O)CC[C@H]2[C@@H]3CC[C@@]4(Cl)CC(=O)CC[C@@H]4[C@H]3CC[C@@]21C. The molecule has 7 atom stereocenters. The van der Waals surface area contributed by atoms with Crippen LogP contribution in [0.2, 0.25) is 0 Å². The van der Waals surface area contributed by atoms with Gasteiger partial charge in [0.05, 0.1) is 4.87 Å². The molecule has 4 fully saturated rings. The predicted molar refractivity (Wildman–Crippen MR) is 91.0 cm³/mol. The van der Waals surface area contributed by atoms with E-state index in [1.807, 2.05) is 0 Å². The highest BCUT2D eigenvalue weighted by atomic mass is 35.5. The number of ketones is 1. The molecule has 0 spiro atoms. The Labute approximate surface area is 144 Å². The number of terminal acetylenes is 1. The number of carbonyl (C=O) groups is 1. The van der Waals surface area contributed by atoms with Crippen LogP contribution in [-0.2, 0) is 4.79 Å². The van der Waals surface area contributed by atoms with E-state index >= 15 is 0 Å². The Morgan fingerprint density at radius 3 is 2.57 bits per heavy atom. The molecule has 4 aliphatic rings. The van der Waals surface area contributed by atoms with Gasteiger partial charge in [-0.1, -0.05) is 12.8 Å². The van der Waals surface area contributed by atoms with Crippen molar-refractivity contribution in [1.82, 2.24) is 0 Å². The average molecular weight is 335 g/mol. The van der Waals surface area contributed by atoms with Crippen LogP contribution in [0.25, 0.3) is 0 Å². The predicted octanol–water partition coefficient (Wildman–Crippen LogP) is 3.93. The third-order valence-corrected chi connectivity index (χ3v) is 8.79. The molecule has 23 heavy (non-hydrogen) atoms. The highest BCUT2D eigenvalue weighted by Crippen LogP contribution is 2.66. The van der Waals surface area contributed by atoms with E-state index in [0.29, 0.717) is 42.3 Å². The maximum Gasteiger partial charge on any atom is 0.134 e. The Bertz CT molecular complexity index is 581. The number of rotatable bonds is 0. The van der Waals surface area contributed by atoms with Gasteiger partial charge in [-0.15, -0.1) is 18.0 Å². The van der Waals surface area contributed by atoms with Crippen LogP contribution in [0.5, 0.6) is 0 Å². The Hall–Kier alpha value is -0.520. The van der Waals surface area contributed by atoms with Crippen molar-refractivity contribution in [2.75, 3.05) is 0 Å². The summed E-state index contributed by atoms with van der Waals surface area (Å²) < 4.78 is 0. The van der Waals surface area contributed by atoms with Gasteiger partial charge in [0.25, 0.3) is 0 Å². The van der Waals surface area contributed by atoms with Gasteiger partial charge in [-0.25, -0.2) is 0 Å². The van der Waals surface area contributed by atoms with Crippen molar-refractivity contribution in [3.63, 3.8) is 0 Å². The average Bonchev–Trinajstić information content (AvgIpc) is 2.78. The van der Waals surface area contributed by atoms with Crippen molar-refractivity contribution < 1.29 is 9.90 Å². The smallest absolute Gasteiger partial charge is 0.134 e. The molecule has 0 amide bonds. The number of aliphatic hydroxyl groups is 1. The van der Waals surface area contributed by atoms with Gasteiger partial charge in [-0.05, 0) is 68.6 Å². The largest absolute Gasteiger partial charge is 0.377 e. The van der Waals surface area contributed by atoms with Crippen LogP contribution in [0.15, 0.2) is 0 Å². The van der Waals surface area contributed by atoms with Crippen molar-refractivity contribution in [3.8, 4) is 12.3 Å². The third-order valence-electron chi connectivity index (χ3n) is 8.18. The molecule has 0 heterocycles. The second-order valence-electron chi connectivity index (χ2n) is 8.87. The number of hydrogen-bond donors (Lipinski definition) is 1. The summed E-state index contributed by atoms with van der Waals surface area (Å²) >= 11 is 6.95. The second kappa shape index (κ2) is 4.99. The minimum Gasteiger partial charge on any atom is -0.377 e. The number of alkyl halides is 1. The van der Waals surface area contributed by atoms with Crippen molar-refractivity contribution >= 4 is 17.4 Å². The van der Waals surface area contributed by atoms with Crippen molar-refractivity contribution in [1.29, 1.82) is 0 Å². The summed E-state index contributed by atoms with van der Waals surface area (Å²) in [5.74, 6) is 5.31. The fourth-order valence-electron chi connectivity index (χ4n) is 6.89. The summed E-state index contributed by atoms with van der Waals surface area (Å²) in [4.78, 5) is 11.6. The topological polar surface area (TPSA) is 37.3 Å². The summed E-state index contributed by atoms with van der Waals surface area (Å²) in [7, 11) is 0. The van der Waals surface area contributed by atoms with Gasteiger partial charge in [-0.2, -0.15) is 0 Å². The van der Waals surface area contributed by atoms with Gasteiger partial charge in [0, 0.05) is 18.3 Å². The van der Waals surface area contributed by atoms with Crippen LogP contribution >= 0.6 is 11.6 Å². The minimum atomic E-state index is -0.930. The number of halogens is 1. The standard InChI is InChI=1S/C20H27ClO2/c1-3-20(23)11-8-16-14-7-10-19(21)12-13(22)4-5-17(19)15(14)6-9-18(16,20)2/h1,14-17,23H,4-12H2,2H3/t14-,15+,16+,17-,18+,19-,20+/m1/s1. The molecule has 2 nitrogen and oxygen atoms in total. The molecule has 126 valence electrons. The molecule has 0 saturated heterocycles. The molecule has 0 radical (unpaired) electrons. The Balaban J connectivity index is 1.64. The zero-order valence-corrected chi connectivity index (χ0v) is 14.7. The second-order valence-corrected chi connectivity index (χ2v) is 9.62. The molecular weight excluding hydrogens is 308 g/mol. The Morgan fingerprint density at radius 2 is 1.83 bits per heavy atom. The van der Waals surface area contributed by atoms with E-state index in [0.717, 1.165) is 44.9 Å². The highest BCUT2D eigenvalue weighted by Gasteiger charge is 2.64. The van der Waals surface area contributed by atoms with E-state index in [2.05, 4.69) is 12.8 Å². The molecular formula is C20H27ClO2. The molecule has 0 aliphatic heterocycles. The van der Waals surface area contributed by atoms with Crippen LogP contribution in [-0.4, -0.2) is 21.4 Å². The summed E-state index contributed by atoms with van der Waals surface area (Å²) in [5, 5.41) is 11.0. The molecule has 0 aromatic heterocycles. The molecule has 4 rings (SSSR count). The van der Waals surface area contributed by atoms with E-state index in [1.165, 1.54) is 0 Å². The van der Waals surface area contributed by atoms with Crippen LogP contribution in [0.3, 0.4) is 0 Å². The summed E-state index contributed by atoms with van der Waals surface area (Å²) in [6.45, 7) is 2.22. The molecule has 0 unspecified atom stereocenters. The maximum atomic E-state index is 11.9. The first-order valence-electron chi connectivity index (χ1n) is 9.24. The third kappa shape index (κ3) is 2.02. The lowest BCUT2D eigenvalue weighted by molar-refractivity contribution is -0.128. The van der Waals surface area contributed by atoms with E-state index in [-0.39, 0.29) is 10.3 Å². The van der Waals surface area contributed by atoms with Gasteiger partial charge < -0.3 is 5.11 Å². The van der Waals surface area contributed by atoms with Crippen molar-refractivity contribution in [2.45, 2.75) is 75.2 Å². The fourth-order valence-corrected chi connectivity index (χ4v) is 7.41. The summed E-state index contributed by atoms with van der Waals surface area (Å²) in [5.41, 5.74) is -1.07. The first-order valence-corrected chi connectivity index (χ1v) is 9.62. The number of carbonyl (C=O) groups excluding carboxylic acids is 1. The lowest BCUT2D eigenvalue weighted by atomic mass is 9.49. The minimum absolute atomic E-state index is 0.139. The van der Waals surface area contributed by atoms with E-state index in [4.69, 9.17) is 18.0 Å². The lowest BCUT2D eigenvalue weighted by Crippen LogP contribution is -2.56. The Kier molecular flexibility index (Phi) is 3.47. The summed E-state index contributed by atoms with van der Waals surface area (Å²) in [6.07, 6.45) is 13.9. The first kappa shape index (κ1) is 16.0. The van der Waals surface area contributed by atoms with E-state index in [1.54, 1.807) is 0 Å². The van der Waals surface area contributed by atoms with Gasteiger partial charge >= 0.3 is 0 Å². The maximum absolute atomic E-state index is 11.9. The molecule has 0 aromatic carbocycles. The van der Waals surface area contributed by atoms with Gasteiger partial charge in [0.15, 0.2) is 0 Å². The zero-order valence-electron chi connectivity index (χ0n) is 14.0. The van der Waals surface area contributed by atoms with Crippen LogP contribution < -0.4 is 0 Å². The van der Waals surface area contributed by atoms with Crippen LogP contribution in [0, 0.1) is 41.4 Å². The number of Topliss-reactive ketones (excluding diaryl/α,β-unsaturated/α-hetero) is 1. The van der Waals surface area contributed by atoms with E-state index in [9.17, 15) is 9.90 Å². The molecule has 0 bridgehead atoms. The van der Waals surface area contributed by atoms with Gasteiger partial charge in [0.1, 0.15) is 11.4 Å². The molecule has 3 heteroatoms. The molecule has 4 aliphatic carbocycles. The number of hydrogen-bond acceptors (Lipinski definition) is 2. The highest BCUT2D eigenvalue weighted by molar-refractivity contribution is 6.25. The quantitative estimate of drug-likeness (QED) is 0.538. The number of fused-ring (bicyclic) bond motifs is 5.